The summed E-state index contributed by atoms with van der Waals surface area (Å²) in [7, 11) is 0. The molecule has 0 saturated carbocycles. The van der Waals surface area contributed by atoms with E-state index in [9.17, 15) is 9.59 Å². The SMILES string of the molecule is CC(=O)CC1C(=O)N(c2ccccc2C)N=C1C. The van der Waals surface area contributed by atoms with Crippen LogP contribution in [0.2, 0.25) is 0 Å². The minimum absolute atomic E-state index is 0.00883. The molecule has 1 aromatic rings. The fourth-order valence-corrected chi connectivity index (χ4v) is 2.10. The third kappa shape index (κ3) is 2.18. The third-order valence-electron chi connectivity index (χ3n) is 3.10. The summed E-state index contributed by atoms with van der Waals surface area (Å²) in [5.41, 5.74) is 2.48. The predicted molar refractivity (Wildman–Crippen MR) is 70.6 cm³/mol. The fourth-order valence-electron chi connectivity index (χ4n) is 2.10. The van der Waals surface area contributed by atoms with Crippen LogP contribution in [-0.4, -0.2) is 17.4 Å². The zero-order valence-electron chi connectivity index (χ0n) is 10.8. The minimum Gasteiger partial charge on any atom is -0.300 e. The molecule has 4 nitrogen and oxygen atoms in total. The molecule has 0 spiro atoms. The largest absolute Gasteiger partial charge is 0.300 e. The smallest absolute Gasteiger partial charge is 0.256 e. The molecule has 1 aliphatic heterocycles. The normalized spacial score (nSPS) is 19.1. The number of amides is 1. The van der Waals surface area contributed by atoms with Gasteiger partial charge in [-0.3, -0.25) is 9.59 Å². The number of ketones is 1. The van der Waals surface area contributed by atoms with E-state index in [1.807, 2.05) is 31.2 Å². The number of rotatable bonds is 3. The predicted octanol–water partition coefficient (Wildman–Crippen LogP) is 2.31. The molecule has 4 heteroatoms. The summed E-state index contributed by atoms with van der Waals surface area (Å²) in [5.74, 6) is -0.506. The molecular weight excluding hydrogens is 228 g/mol. The van der Waals surface area contributed by atoms with Crippen LogP contribution in [-0.2, 0) is 9.59 Å². The van der Waals surface area contributed by atoms with E-state index in [2.05, 4.69) is 5.10 Å². The molecule has 0 radical (unpaired) electrons. The molecule has 1 atom stereocenters. The van der Waals surface area contributed by atoms with Gasteiger partial charge in [0.1, 0.15) is 5.78 Å². The highest BCUT2D eigenvalue weighted by Gasteiger charge is 2.35. The van der Waals surface area contributed by atoms with Gasteiger partial charge in [0.05, 0.1) is 11.6 Å². The molecule has 0 aliphatic carbocycles. The summed E-state index contributed by atoms with van der Waals surface area (Å²) in [6, 6.07) is 7.59. The Kier molecular flexibility index (Phi) is 3.28. The first-order valence-corrected chi connectivity index (χ1v) is 5.95. The number of Topliss-reactive ketones (excluding diaryl/α,β-unsaturated/α-hetero) is 1. The zero-order valence-corrected chi connectivity index (χ0v) is 10.8. The maximum atomic E-state index is 12.3. The summed E-state index contributed by atoms with van der Waals surface area (Å²) in [6.07, 6.45) is 0.233. The first-order chi connectivity index (χ1) is 8.50. The van der Waals surface area contributed by atoms with Crippen molar-refractivity contribution < 1.29 is 9.59 Å². The summed E-state index contributed by atoms with van der Waals surface area (Å²) >= 11 is 0. The molecule has 1 heterocycles. The van der Waals surface area contributed by atoms with Crippen molar-refractivity contribution in [3.05, 3.63) is 29.8 Å². The van der Waals surface area contributed by atoms with E-state index in [4.69, 9.17) is 0 Å². The molecule has 1 amide bonds. The van der Waals surface area contributed by atoms with Crippen LogP contribution in [0.1, 0.15) is 25.8 Å². The van der Waals surface area contributed by atoms with Crippen LogP contribution in [0.3, 0.4) is 0 Å². The molecule has 0 saturated heterocycles. The molecule has 0 fully saturated rings. The van der Waals surface area contributed by atoms with Gasteiger partial charge >= 0.3 is 0 Å². The van der Waals surface area contributed by atoms with Crippen LogP contribution in [0, 0.1) is 12.8 Å². The number of anilines is 1. The number of hydrazone groups is 1. The van der Waals surface area contributed by atoms with Crippen molar-refractivity contribution in [1.82, 2.24) is 0 Å². The van der Waals surface area contributed by atoms with Gasteiger partial charge in [-0.25, -0.2) is 0 Å². The van der Waals surface area contributed by atoms with Crippen molar-refractivity contribution >= 4 is 23.1 Å². The van der Waals surface area contributed by atoms with Gasteiger partial charge in [0.15, 0.2) is 0 Å². The summed E-state index contributed by atoms with van der Waals surface area (Å²) in [4.78, 5) is 23.4. The molecule has 18 heavy (non-hydrogen) atoms. The molecule has 0 N–H and O–H groups in total. The van der Waals surface area contributed by atoms with Gasteiger partial charge in [-0.2, -0.15) is 10.1 Å². The average molecular weight is 244 g/mol. The van der Waals surface area contributed by atoms with Crippen LogP contribution in [0.5, 0.6) is 0 Å². The highest BCUT2D eigenvalue weighted by Crippen LogP contribution is 2.28. The summed E-state index contributed by atoms with van der Waals surface area (Å²) in [6.45, 7) is 5.23. The Morgan fingerprint density at radius 1 is 1.33 bits per heavy atom. The molecule has 94 valence electrons. The Labute approximate surface area is 106 Å². The number of aryl methyl sites for hydroxylation is 1. The van der Waals surface area contributed by atoms with Crippen LogP contribution < -0.4 is 5.01 Å². The Morgan fingerprint density at radius 3 is 2.61 bits per heavy atom. The average Bonchev–Trinajstić information content (AvgIpc) is 2.57. The highest BCUT2D eigenvalue weighted by molar-refractivity contribution is 6.16. The quantitative estimate of drug-likeness (QED) is 0.819. The lowest BCUT2D eigenvalue weighted by atomic mass is 9.98. The van der Waals surface area contributed by atoms with Gasteiger partial charge in [0.2, 0.25) is 0 Å². The van der Waals surface area contributed by atoms with Crippen molar-refractivity contribution in [2.75, 3.05) is 5.01 Å². The Hall–Kier alpha value is -1.97. The van der Waals surface area contributed by atoms with Gasteiger partial charge < -0.3 is 0 Å². The summed E-state index contributed by atoms with van der Waals surface area (Å²) in [5, 5.41) is 5.70. The maximum Gasteiger partial charge on any atom is 0.256 e. The topological polar surface area (TPSA) is 49.7 Å². The second kappa shape index (κ2) is 4.72. The van der Waals surface area contributed by atoms with Crippen molar-refractivity contribution in [3.63, 3.8) is 0 Å². The van der Waals surface area contributed by atoms with Crippen molar-refractivity contribution in [1.29, 1.82) is 0 Å². The second-order valence-electron chi connectivity index (χ2n) is 4.64. The first kappa shape index (κ1) is 12.5. The van der Waals surface area contributed by atoms with Crippen molar-refractivity contribution in [2.24, 2.45) is 11.0 Å². The van der Waals surface area contributed by atoms with Crippen LogP contribution in [0.25, 0.3) is 0 Å². The van der Waals surface area contributed by atoms with Gasteiger partial charge in [-0.05, 0) is 32.4 Å². The lowest BCUT2D eigenvalue weighted by Gasteiger charge is -2.15. The van der Waals surface area contributed by atoms with Crippen LogP contribution in [0.4, 0.5) is 5.69 Å². The highest BCUT2D eigenvalue weighted by atomic mass is 16.2. The van der Waals surface area contributed by atoms with E-state index in [0.29, 0.717) is 5.71 Å². The van der Waals surface area contributed by atoms with Crippen LogP contribution >= 0.6 is 0 Å². The Bertz CT molecular complexity index is 534. The van der Waals surface area contributed by atoms with E-state index in [1.54, 1.807) is 6.92 Å². The van der Waals surface area contributed by atoms with E-state index < -0.39 is 5.92 Å². The molecule has 1 unspecified atom stereocenters. The molecule has 1 aliphatic rings. The Morgan fingerprint density at radius 2 is 2.00 bits per heavy atom. The van der Waals surface area contributed by atoms with Crippen molar-refractivity contribution in [2.45, 2.75) is 27.2 Å². The molecule has 2 rings (SSSR count). The van der Waals surface area contributed by atoms with Gasteiger partial charge in [-0.15, -0.1) is 0 Å². The van der Waals surface area contributed by atoms with Gasteiger partial charge in [0, 0.05) is 12.1 Å². The van der Waals surface area contributed by atoms with E-state index in [1.165, 1.54) is 11.9 Å². The number of nitrogens with zero attached hydrogens (tertiary/aromatic N) is 2. The number of hydrogen-bond donors (Lipinski definition) is 0. The number of para-hydroxylation sites is 1. The number of carbonyl (C=O) groups is 2. The van der Waals surface area contributed by atoms with E-state index >= 15 is 0 Å². The lowest BCUT2D eigenvalue weighted by Crippen LogP contribution is -2.28. The van der Waals surface area contributed by atoms with Gasteiger partial charge in [0.25, 0.3) is 5.91 Å². The molecular formula is C14H16N2O2. The van der Waals surface area contributed by atoms with Gasteiger partial charge in [-0.1, -0.05) is 18.2 Å². The van der Waals surface area contributed by atoms with Crippen molar-refractivity contribution in [3.8, 4) is 0 Å². The first-order valence-electron chi connectivity index (χ1n) is 5.95. The third-order valence-corrected chi connectivity index (χ3v) is 3.10. The number of benzene rings is 1. The molecule has 0 bridgehead atoms. The van der Waals surface area contributed by atoms with E-state index in [-0.39, 0.29) is 18.1 Å². The zero-order chi connectivity index (χ0) is 13.3. The Balaban J connectivity index is 2.31. The van der Waals surface area contributed by atoms with E-state index in [0.717, 1.165) is 11.3 Å². The fraction of sp³-hybridized carbons (Fsp3) is 0.357. The monoisotopic (exact) mass is 244 g/mol. The maximum absolute atomic E-state index is 12.3. The number of carbonyl (C=O) groups excluding carboxylic acids is 2. The standard InChI is InChI=1S/C14H16N2O2/c1-9-6-4-5-7-13(9)16-14(18)12(8-10(2)17)11(3)15-16/h4-7,12H,8H2,1-3H3. The lowest BCUT2D eigenvalue weighted by molar-refractivity contribution is -0.124. The van der Waals surface area contributed by atoms with Crippen LogP contribution in [0.15, 0.2) is 29.4 Å². The molecule has 1 aromatic carbocycles. The second-order valence-corrected chi connectivity index (χ2v) is 4.64. The minimum atomic E-state index is -0.401. The summed E-state index contributed by atoms with van der Waals surface area (Å²) < 4.78 is 0. The number of hydrogen-bond acceptors (Lipinski definition) is 3. The molecule has 0 aromatic heterocycles.